The smallest absolute Gasteiger partial charge is 0.458 e. The average molecular weight is 671 g/mol. The summed E-state index contributed by atoms with van der Waals surface area (Å²) in [5, 5.41) is 11.8. The summed E-state index contributed by atoms with van der Waals surface area (Å²) >= 11 is 0. The summed E-state index contributed by atoms with van der Waals surface area (Å²) in [6.07, 6.45) is -6.07. The van der Waals surface area contributed by atoms with Crippen molar-refractivity contribution < 1.29 is 57.4 Å². The fourth-order valence-corrected chi connectivity index (χ4v) is 7.85. The van der Waals surface area contributed by atoms with Crippen LogP contribution < -0.4 is 0 Å². The number of carbonyl (C=O) groups excluding carboxylic acids is 4. The molecule has 0 aliphatic carbocycles. The first kappa shape index (κ1) is 37.3. The number of hydrogen-bond donors (Lipinski definition) is 1. The van der Waals surface area contributed by atoms with E-state index in [1.807, 2.05) is 39.8 Å². The lowest BCUT2D eigenvalue weighted by Crippen LogP contribution is -2.64. The molecule has 5 aliphatic heterocycles. The standard InChI is InChI=1S/C33H54N2O12/c1-12-23-33(9)27(46-31(40)47-33)20(6)28(38)35-15-41-32(8,14-16(35)2)26(18(4)24(37)19(5)29(39)44-23)45-30-25(43-21(7)36)22(34(10)11)13-17(3)42-30/h16-20,22-27,30,37H,12-15H2,1-11H3/t16-,17-,18+,19-,20-,22+,23-,24+,25-,26-,27-,30+,32-,33-/m1/s1. The van der Waals surface area contributed by atoms with Gasteiger partial charge >= 0.3 is 18.1 Å². The van der Waals surface area contributed by atoms with E-state index in [0.717, 1.165) is 0 Å². The van der Waals surface area contributed by atoms with E-state index < -0.39 is 83.9 Å². The maximum Gasteiger partial charge on any atom is 0.509 e. The molecule has 47 heavy (non-hydrogen) atoms. The predicted octanol–water partition coefficient (Wildman–Crippen LogP) is 2.62. The molecule has 5 saturated heterocycles. The van der Waals surface area contributed by atoms with Gasteiger partial charge in [-0.15, -0.1) is 0 Å². The third-order valence-corrected chi connectivity index (χ3v) is 10.6. The molecule has 0 aromatic carbocycles. The molecule has 268 valence electrons. The molecule has 1 N–H and O–H groups in total. The van der Waals surface area contributed by atoms with Crippen LogP contribution in [0.4, 0.5) is 4.79 Å². The monoisotopic (exact) mass is 670 g/mol. The van der Waals surface area contributed by atoms with Gasteiger partial charge in [-0.05, 0) is 74.9 Å². The van der Waals surface area contributed by atoms with Gasteiger partial charge < -0.3 is 48.1 Å². The highest BCUT2D eigenvalue weighted by atomic mass is 16.8. The van der Waals surface area contributed by atoms with Gasteiger partial charge in [0.15, 0.2) is 24.1 Å². The van der Waals surface area contributed by atoms with E-state index in [-0.39, 0.29) is 37.2 Å². The van der Waals surface area contributed by atoms with Crippen LogP contribution in [-0.2, 0) is 47.5 Å². The summed E-state index contributed by atoms with van der Waals surface area (Å²) in [5.41, 5.74) is -2.55. The summed E-state index contributed by atoms with van der Waals surface area (Å²) < 4.78 is 42.4. The van der Waals surface area contributed by atoms with Crippen molar-refractivity contribution in [2.45, 2.75) is 148 Å². The Bertz CT molecular complexity index is 1180. The van der Waals surface area contributed by atoms with Crippen LogP contribution in [0.5, 0.6) is 0 Å². The lowest BCUT2D eigenvalue weighted by atomic mass is 9.78. The molecule has 14 nitrogen and oxygen atoms in total. The molecule has 5 rings (SSSR count). The minimum atomic E-state index is -1.46. The summed E-state index contributed by atoms with van der Waals surface area (Å²) in [5.74, 6) is -4.17. The number of aliphatic hydroxyl groups is 1. The highest BCUT2D eigenvalue weighted by Gasteiger charge is 2.60. The van der Waals surface area contributed by atoms with Crippen molar-refractivity contribution in [2.75, 3.05) is 20.8 Å². The number of hydrogen-bond acceptors (Lipinski definition) is 13. The Labute approximate surface area is 277 Å². The molecule has 0 unspecified atom stereocenters. The van der Waals surface area contributed by atoms with Crippen molar-refractivity contribution >= 4 is 24.0 Å². The van der Waals surface area contributed by atoms with E-state index in [9.17, 15) is 24.3 Å². The second kappa shape index (κ2) is 14.1. The van der Waals surface area contributed by atoms with Gasteiger partial charge in [0.05, 0.1) is 41.8 Å². The molecule has 5 aliphatic rings. The van der Waals surface area contributed by atoms with Crippen LogP contribution in [0, 0.1) is 17.8 Å². The Morgan fingerprint density at radius 1 is 1.06 bits per heavy atom. The SMILES string of the molecule is CC[C@H]1OC(=O)[C@H](C)[C@@H](O)[C@H](C)[C@@H](O[C@@H]2O[C@H](C)C[C@H](N(C)C)[C@H]2OC(C)=O)[C@@]2(C)C[C@@H](C)N(CO2)C(=O)[C@H](C)[C@H]2OC(=O)O[C@@]21C. The van der Waals surface area contributed by atoms with Gasteiger partial charge in [-0.2, -0.15) is 0 Å². The highest BCUT2D eigenvalue weighted by molar-refractivity contribution is 5.81. The van der Waals surface area contributed by atoms with Crippen molar-refractivity contribution in [1.82, 2.24) is 9.80 Å². The van der Waals surface area contributed by atoms with E-state index >= 15 is 0 Å². The Balaban J connectivity index is 1.77. The first-order valence-electron chi connectivity index (χ1n) is 16.7. The number of fused-ring (bicyclic) bond motifs is 9. The largest absolute Gasteiger partial charge is 0.509 e. The fraction of sp³-hybridized carbons (Fsp3) is 0.879. The molecule has 0 aromatic heterocycles. The lowest BCUT2D eigenvalue weighted by Gasteiger charge is -2.51. The van der Waals surface area contributed by atoms with Crippen LogP contribution in [0.2, 0.25) is 0 Å². The van der Waals surface area contributed by atoms with Crippen LogP contribution >= 0.6 is 0 Å². The van der Waals surface area contributed by atoms with Crippen molar-refractivity contribution in [3.8, 4) is 0 Å². The van der Waals surface area contributed by atoms with Crippen molar-refractivity contribution in [3.63, 3.8) is 0 Å². The molecule has 0 spiro atoms. The van der Waals surface area contributed by atoms with Gasteiger partial charge in [-0.3, -0.25) is 14.4 Å². The van der Waals surface area contributed by atoms with Crippen molar-refractivity contribution in [1.29, 1.82) is 0 Å². The van der Waals surface area contributed by atoms with Crippen LogP contribution in [0.1, 0.15) is 81.6 Å². The number of aliphatic hydroxyl groups excluding tert-OH is 1. The van der Waals surface area contributed by atoms with Crippen LogP contribution in [0.25, 0.3) is 0 Å². The van der Waals surface area contributed by atoms with Gasteiger partial charge in [0.2, 0.25) is 5.91 Å². The van der Waals surface area contributed by atoms with Gasteiger partial charge in [0.1, 0.15) is 12.8 Å². The number of amides is 1. The number of nitrogens with zero attached hydrogens (tertiary/aromatic N) is 2. The lowest BCUT2D eigenvalue weighted by molar-refractivity contribution is -0.313. The quantitative estimate of drug-likeness (QED) is 0.336. The minimum absolute atomic E-state index is 0.112. The van der Waals surface area contributed by atoms with Crippen LogP contribution in [0.3, 0.4) is 0 Å². The summed E-state index contributed by atoms with van der Waals surface area (Å²) in [6.45, 7) is 15.2. The van der Waals surface area contributed by atoms with E-state index in [1.165, 1.54) is 6.92 Å². The first-order chi connectivity index (χ1) is 21.8. The number of esters is 2. The Morgan fingerprint density at radius 2 is 1.72 bits per heavy atom. The number of rotatable bonds is 5. The first-order valence-corrected chi connectivity index (χ1v) is 16.7. The van der Waals surface area contributed by atoms with E-state index in [0.29, 0.717) is 12.8 Å². The van der Waals surface area contributed by atoms with Gasteiger partial charge in [-0.25, -0.2) is 4.79 Å². The summed E-state index contributed by atoms with van der Waals surface area (Å²) in [7, 11) is 3.79. The Morgan fingerprint density at radius 3 is 2.30 bits per heavy atom. The van der Waals surface area contributed by atoms with Crippen LogP contribution in [-0.4, -0.2) is 126 Å². The predicted molar refractivity (Wildman–Crippen MR) is 166 cm³/mol. The molecule has 5 heterocycles. The van der Waals surface area contributed by atoms with Crippen LogP contribution in [0.15, 0.2) is 0 Å². The molecular formula is C33H54N2O12. The second-order valence-corrected chi connectivity index (χ2v) is 14.5. The molecule has 5 fully saturated rings. The Hall–Kier alpha value is -2.52. The maximum absolute atomic E-state index is 14.0. The van der Waals surface area contributed by atoms with Gasteiger partial charge in [-0.1, -0.05) is 13.8 Å². The molecule has 0 aromatic rings. The zero-order valence-corrected chi connectivity index (χ0v) is 29.6. The van der Waals surface area contributed by atoms with Crippen molar-refractivity contribution in [3.05, 3.63) is 0 Å². The zero-order chi connectivity index (χ0) is 35.2. The number of carbonyl (C=O) groups is 4. The molecule has 0 saturated carbocycles. The molecule has 1 amide bonds. The minimum Gasteiger partial charge on any atom is -0.458 e. The maximum atomic E-state index is 14.0. The molecular weight excluding hydrogens is 616 g/mol. The summed E-state index contributed by atoms with van der Waals surface area (Å²) in [6, 6.07) is -0.587. The fourth-order valence-electron chi connectivity index (χ4n) is 7.85. The summed E-state index contributed by atoms with van der Waals surface area (Å²) in [4.78, 5) is 55.9. The number of ether oxygens (including phenoxy) is 7. The normalized spacial score (nSPS) is 45.0. The third kappa shape index (κ3) is 7.26. The molecule has 2 bridgehead atoms. The van der Waals surface area contributed by atoms with Crippen molar-refractivity contribution in [2.24, 2.45) is 17.8 Å². The Kier molecular flexibility index (Phi) is 11.2. The average Bonchev–Trinajstić information content (AvgIpc) is 3.30. The molecule has 14 atom stereocenters. The molecule has 14 heteroatoms. The van der Waals surface area contributed by atoms with E-state index in [1.54, 1.807) is 39.5 Å². The van der Waals surface area contributed by atoms with Gasteiger partial charge in [0, 0.05) is 18.9 Å². The highest BCUT2D eigenvalue weighted by Crippen LogP contribution is 2.43. The second-order valence-electron chi connectivity index (χ2n) is 14.5. The topological polar surface area (TPSA) is 160 Å². The third-order valence-electron chi connectivity index (χ3n) is 10.6. The number of likely N-dealkylation sites (N-methyl/N-ethyl adjacent to an activating group) is 1. The van der Waals surface area contributed by atoms with Gasteiger partial charge in [0.25, 0.3) is 0 Å². The molecule has 0 radical (unpaired) electrons. The van der Waals surface area contributed by atoms with E-state index in [4.69, 9.17) is 33.2 Å². The zero-order valence-electron chi connectivity index (χ0n) is 29.6. The van der Waals surface area contributed by atoms with E-state index in [2.05, 4.69) is 0 Å².